The van der Waals surface area contributed by atoms with Crippen LogP contribution in [-0.4, -0.2) is 39.3 Å². The van der Waals surface area contributed by atoms with Crippen LogP contribution >= 0.6 is 12.2 Å². The van der Waals surface area contributed by atoms with Crippen LogP contribution in [-0.2, 0) is 29.2 Å². The topological polar surface area (TPSA) is 99.4 Å². The summed E-state index contributed by atoms with van der Waals surface area (Å²) in [6.07, 6.45) is 2.44. The number of benzene rings is 1. The molecule has 1 aromatic heterocycles. The average molecular weight is 418 g/mol. The number of anilines is 1. The minimum atomic E-state index is -0.338. The SMILES string of the molecule is CCn1c(CCC(N)=O)nn(C[NH+]2CCC(C(=O)Nc3ccccc3)CC2)c1=S. The standard InChI is InChI=1S/C20H28N6O2S/c1-2-25-18(9-8-17(21)27)23-26(20(25)29)14-24-12-10-15(11-13-24)19(28)22-16-6-4-3-5-7-16/h3-7,15H,2,8-14H2,1H3,(H2,21,27)(H,22,28)/p+1. The molecule has 4 N–H and O–H groups in total. The minimum Gasteiger partial charge on any atom is -0.370 e. The number of rotatable bonds is 8. The zero-order chi connectivity index (χ0) is 20.8. The molecule has 1 aliphatic rings. The van der Waals surface area contributed by atoms with Crippen molar-refractivity contribution in [3.63, 3.8) is 0 Å². The van der Waals surface area contributed by atoms with Crippen molar-refractivity contribution in [1.82, 2.24) is 14.3 Å². The van der Waals surface area contributed by atoms with Crippen LogP contribution in [0.2, 0.25) is 0 Å². The number of piperidine rings is 1. The molecule has 0 spiro atoms. The Hall–Kier alpha value is -2.52. The fourth-order valence-corrected chi connectivity index (χ4v) is 4.09. The highest BCUT2D eigenvalue weighted by Crippen LogP contribution is 2.14. The Bertz CT molecular complexity index is 899. The number of nitrogens with one attached hydrogen (secondary N) is 2. The van der Waals surface area contributed by atoms with Crippen LogP contribution in [0.1, 0.15) is 32.0 Å². The maximum absolute atomic E-state index is 12.5. The molecule has 1 aliphatic heterocycles. The van der Waals surface area contributed by atoms with Gasteiger partial charge >= 0.3 is 0 Å². The van der Waals surface area contributed by atoms with Gasteiger partial charge in [0.05, 0.1) is 13.1 Å². The fourth-order valence-electron chi connectivity index (χ4n) is 3.75. The summed E-state index contributed by atoms with van der Waals surface area (Å²) >= 11 is 5.57. The molecule has 0 bridgehead atoms. The first-order chi connectivity index (χ1) is 14.0. The van der Waals surface area contributed by atoms with Crippen LogP contribution in [0.4, 0.5) is 5.69 Å². The third-order valence-electron chi connectivity index (χ3n) is 5.39. The van der Waals surface area contributed by atoms with E-state index in [-0.39, 0.29) is 24.2 Å². The second kappa shape index (κ2) is 9.80. The maximum atomic E-state index is 12.5. The number of likely N-dealkylation sites (tertiary alicyclic amines) is 1. The van der Waals surface area contributed by atoms with Crippen molar-refractivity contribution in [1.29, 1.82) is 0 Å². The van der Waals surface area contributed by atoms with Crippen LogP contribution in [0.15, 0.2) is 30.3 Å². The van der Waals surface area contributed by atoms with Gasteiger partial charge in [-0.1, -0.05) is 18.2 Å². The lowest BCUT2D eigenvalue weighted by Gasteiger charge is -2.28. The number of nitrogens with two attached hydrogens (primary N) is 1. The van der Waals surface area contributed by atoms with E-state index in [0.717, 1.165) is 37.4 Å². The Labute approximate surface area is 175 Å². The van der Waals surface area contributed by atoms with Crippen molar-refractivity contribution in [3.05, 3.63) is 40.9 Å². The lowest BCUT2D eigenvalue weighted by molar-refractivity contribution is -0.928. The third kappa shape index (κ3) is 5.51. The van der Waals surface area contributed by atoms with Gasteiger partial charge < -0.3 is 20.5 Å². The summed E-state index contributed by atoms with van der Waals surface area (Å²) in [5.41, 5.74) is 6.11. The quantitative estimate of drug-likeness (QED) is 0.552. The summed E-state index contributed by atoms with van der Waals surface area (Å²) in [6, 6.07) is 9.57. The Morgan fingerprint density at radius 2 is 1.97 bits per heavy atom. The summed E-state index contributed by atoms with van der Waals surface area (Å²) in [6.45, 7) is 5.18. The summed E-state index contributed by atoms with van der Waals surface area (Å²) < 4.78 is 4.47. The molecule has 1 aromatic carbocycles. The van der Waals surface area contributed by atoms with Crippen LogP contribution < -0.4 is 16.0 Å². The molecule has 156 valence electrons. The number of hydrogen-bond acceptors (Lipinski definition) is 4. The highest BCUT2D eigenvalue weighted by Gasteiger charge is 2.28. The van der Waals surface area contributed by atoms with E-state index in [0.29, 0.717) is 24.4 Å². The van der Waals surface area contributed by atoms with Crippen molar-refractivity contribution >= 4 is 29.7 Å². The Kier molecular flexibility index (Phi) is 7.16. The second-order valence-corrected chi connectivity index (χ2v) is 7.81. The predicted octanol–water partition coefficient (Wildman–Crippen LogP) is 0.743. The molecule has 2 aromatic rings. The lowest BCUT2D eigenvalue weighted by atomic mass is 9.96. The van der Waals surface area contributed by atoms with Gasteiger partial charge in [-0.3, -0.25) is 9.59 Å². The molecule has 29 heavy (non-hydrogen) atoms. The molecule has 2 amide bonds. The van der Waals surface area contributed by atoms with E-state index in [1.165, 1.54) is 4.90 Å². The summed E-state index contributed by atoms with van der Waals surface area (Å²) in [5, 5.41) is 7.63. The van der Waals surface area contributed by atoms with E-state index in [1.54, 1.807) is 0 Å². The number of para-hydroxylation sites is 1. The normalized spacial score (nSPS) is 19.1. The smallest absolute Gasteiger partial charge is 0.227 e. The molecule has 1 fully saturated rings. The molecule has 0 unspecified atom stereocenters. The van der Waals surface area contributed by atoms with Crippen molar-refractivity contribution < 1.29 is 14.5 Å². The van der Waals surface area contributed by atoms with Crippen LogP contribution in [0.25, 0.3) is 0 Å². The Balaban J connectivity index is 1.56. The van der Waals surface area contributed by atoms with E-state index in [2.05, 4.69) is 10.4 Å². The number of carbonyl (C=O) groups is 2. The van der Waals surface area contributed by atoms with Crippen LogP contribution in [0.3, 0.4) is 0 Å². The Morgan fingerprint density at radius 3 is 2.59 bits per heavy atom. The van der Waals surface area contributed by atoms with Gasteiger partial charge in [-0.25, -0.2) is 0 Å². The Morgan fingerprint density at radius 1 is 1.28 bits per heavy atom. The summed E-state index contributed by atoms with van der Waals surface area (Å²) in [7, 11) is 0. The monoisotopic (exact) mass is 417 g/mol. The lowest BCUT2D eigenvalue weighted by Crippen LogP contribution is -3.12. The van der Waals surface area contributed by atoms with E-state index >= 15 is 0 Å². The first-order valence-electron chi connectivity index (χ1n) is 10.1. The van der Waals surface area contributed by atoms with Gasteiger partial charge in [0.25, 0.3) is 0 Å². The van der Waals surface area contributed by atoms with Crippen LogP contribution in [0, 0.1) is 10.7 Å². The maximum Gasteiger partial charge on any atom is 0.227 e. The van der Waals surface area contributed by atoms with Gasteiger partial charge in [0.15, 0.2) is 6.67 Å². The number of hydrogen-bond donors (Lipinski definition) is 3. The zero-order valence-corrected chi connectivity index (χ0v) is 17.6. The number of aromatic nitrogens is 3. The molecule has 0 atom stereocenters. The molecule has 1 saturated heterocycles. The number of nitrogens with zero attached hydrogens (tertiary/aromatic N) is 3. The third-order valence-corrected chi connectivity index (χ3v) is 5.82. The van der Waals surface area contributed by atoms with Crippen molar-refractivity contribution in [3.8, 4) is 0 Å². The van der Waals surface area contributed by atoms with Gasteiger partial charge in [-0.05, 0) is 31.3 Å². The van der Waals surface area contributed by atoms with Crippen molar-refractivity contribution in [2.45, 2.75) is 45.8 Å². The number of quaternary nitrogens is 1. The van der Waals surface area contributed by atoms with Crippen molar-refractivity contribution in [2.24, 2.45) is 11.7 Å². The van der Waals surface area contributed by atoms with Crippen LogP contribution in [0.5, 0.6) is 0 Å². The molecular formula is C20H29N6O2S+. The van der Waals surface area contributed by atoms with E-state index < -0.39 is 0 Å². The number of carbonyl (C=O) groups excluding carboxylic acids is 2. The first-order valence-corrected chi connectivity index (χ1v) is 10.5. The molecule has 8 nitrogen and oxygen atoms in total. The minimum absolute atomic E-state index is 0.0336. The molecule has 0 aliphatic carbocycles. The van der Waals surface area contributed by atoms with Gasteiger partial charge in [0.2, 0.25) is 16.6 Å². The van der Waals surface area contributed by atoms with E-state index in [4.69, 9.17) is 18.0 Å². The van der Waals surface area contributed by atoms with E-state index in [1.807, 2.05) is 46.5 Å². The molecule has 9 heteroatoms. The number of amides is 2. The number of primary amides is 1. The second-order valence-electron chi connectivity index (χ2n) is 7.45. The van der Waals surface area contributed by atoms with E-state index in [9.17, 15) is 9.59 Å². The molecule has 2 heterocycles. The highest BCUT2D eigenvalue weighted by atomic mass is 32.1. The van der Waals surface area contributed by atoms with Crippen molar-refractivity contribution in [2.75, 3.05) is 18.4 Å². The van der Waals surface area contributed by atoms with Gasteiger partial charge in [0.1, 0.15) is 5.82 Å². The zero-order valence-electron chi connectivity index (χ0n) is 16.8. The first kappa shape index (κ1) is 21.2. The predicted molar refractivity (Wildman–Crippen MR) is 113 cm³/mol. The molecule has 3 rings (SSSR count). The molecule has 0 saturated carbocycles. The van der Waals surface area contributed by atoms with Gasteiger partial charge in [-0.15, -0.1) is 0 Å². The average Bonchev–Trinajstić information content (AvgIpc) is 3.02. The molecular weight excluding hydrogens is 388 g/mol. The molecule has 0 radical (unpaired) electrons. The van der Waals surface area contributed by atoms with Gasteiger partial charge in [-0.2, -0.15) is 9.78 Å². The largest absolute Gasteiger partial charge is 0.370 e. The fraction of sp³-hybridized carbons (Fsp3) is 0.500. The van der Waals surface area contributed by atoms with Gasteiger partial charge in [0, 0.05) is 43.8 Å². The highest BCUT2D eigenvalue weighted by molar-refractivity contribution is 7.71. The number of aryl methyl sites for hydroxylation is 1. The summed E-state index contributed by atoms with van der Waals surface area (Å²) in [5.74, 6) is 0.588. The summed E-state index contributed by atoms with van der Waals surface area (Å²) in [4.78, 5) is 25.0.